The molecule has 0 bridgehead atoms. The molecule has 1 aliphatic heterocycles. The predicted molar refractivity (Wildman–Crippen MR) is 74.5 cm³/mol. The van der Waals surface area contributed by atoms with E-state index in [1.165, 1.54) is 0 Å². The predicted octanol–water partition coefficient (Wildman–Crippen LogP) is 2.04. The summed E-state index contributed by atoms with van der Waals surface area (Å²) in [6, 6.07) is 7.16. The van der Waals surface area contributed by atoms with Crippen molar-refractivity contribution in [2.24, 2.45) is 5.92 Å². The van der Waals surface area contributed by atoms with Crippen LogP contribution in [0.15, 0.2) is 29.2 Å². The van der Waals surface area contributed by atoms with Crippen molar-refractivity contribution in [1.29, 1.82) is 0 Å². The largest absolute Gasteiger partial charge is 0.384 e. The highest BCUT2D eigenvalue weighted by atomic mass is 32.2. The number of hydrogen-bond donors (Lipinski definition) is 0. The summed E-state index contributed by atoms with van der Waals surface area (Å²) in [5, 5.41) is 0. The van der Waals surface area contributed by atoms with Crippen molar-refractivity contribution in [3.8, 4) is 0 Å². The van der Waals surface area contributed by atoms with Gasteiger partial charge in [0.15, 0.2) is 0 Å². The molecule has 4 nitrogen and oxygen atoms in total. The topological polar surface area (TPSA) is 46.6 Å². The standard InChI is InChI=1S/C14H21NO3S/c1-12-6-3-4-8-14(12)19(16,17)15-9-5-7-13(10-15)11-18-2/h3-4,6,8,13H,5,7,9-11H2,1-2H3. The van der Waals surface area contributed by atoms with Crippen LogP contribution in [0.4, 0.5) is 0 Å². The normalized spacial score (nSPS) is 21.5. The Morgan fingerprint density at radius 2 is 2.11 bits per heavy atom. The van der Waals surface area contributed by atoms with E-state index in [-0.39, 0.29) is 0 Å². The number of benzene rings is 1. The Bertz CT molecular complexity index is 525. The highest BCUT2D eigenvalue weighted by Crippen LogP contribution is 2.25. The zero-order valence-electron chi connectivity index (χ0n) is 11.5. The lowest BCUT2D eigenvalue weighted by Gasteiger charge is -2.31. The van der Waals surface area contributed by atoms with Crippen molar-refractivity contribution < 1.29 is 13.2 Å². The van der Waals surface area contributed by atoms with Crippen molar-refractivity contribution in [3.05, 3.63) is 29.8 Å². The van der Waals surface area contributed by atoms with Crippen molar-refractivity contribution in [3.63, 3.8) is 0 Å². The molecule has 1 unspecified atom stereocenters. The van der Waals surface area contributed by atoms with Gasteiger partial charge in [0, 0.05) is 20.2 Å². The molecule has 0 radical (unpaired) electrons. The molecule has 0 aliphatic carbocycles. The zero-order valence-corrected chi connectivity index (χ0v) is 12.3. The van der Waals surface area contributed by atoms with Gasteiger partial charge in [0.1, 0.15) is 0 Å². The van der Waals surface area contributed by atoms with E-state index in [1.807, 2.05) is 19.1 Å². The summed E-state index contributed by atoms with van der Waals surface area (Å²) in [5.74, 6) is 0.303. The molecule has 0 spiro atoms. The number of methoxy groups -OCH3 is 1. The van der Waals surface area contributed by atoms with Crippen LogP contribution in [0, 0.1) is 12.8 Å². The lowest BCUT2D eigenvalue weighted by atomic mass is 10.0. The first-order chi connectivity index (χ1) is 9.05. The first kappa shape index (κ1) is 14.5. The number of hydrogen-bond acceptors (Lipinski definition) is 3. The Hall–Kier alpha value is -0.910. The first-order valence-electron chi connectivity index (χ1n) is 6.60. The zero-order chi connectivity index (χ0) is 13.9. The highest BCUT2D eigenvalue weighted by molar-refractivity contribution is 7.89. The number of nitrogens with zero attached hydrogens (tertiary/aromatic N) is 1. The minimum absolute atomic E-state index is 0.303. The SMILES string of the molecule is COCC1CCCN(S(=O)(=O)c2ccccc2C)C1. The van der Waals surface area contributed by atoms with E-state index in [4.69, 9.17) is 4.74 Å². The van der Waals surface area contributed by atoms with Crippen LogP contribution >= 0.6 is 0 Å². The molecule has 19 heavy (non-hydrogen) atoms. The van der Waals surface area contributed by atoms with Crippen LogP contribution in [-0.2, 0) is 14.8 Å². The monoisotopic (exact) mass is 283 g/mol. The van der Waals surface area contributed by atoms with E-state index in [9.17, 15) is 8.42 Å². The van der Waals surface area contributed by atoms with Crippen LogP contribution in [-0.4, -0.2) is 39.5 Å². The number of piperidine rings is 1. The van der Waals surface area contributed by atoms with E-state index in [0.717, 1.165) is 18.4 Å². The van der Waals surface area contributed by atoms with Gasteiger partial charge in [-0.05, 0) is 37.3 Å². The van der Waals surface area contributed by atoms with Gasteiger partial charge in [-0.1, -0.05) is 18.2 Å². The molecule has 0 N–H and O–H groups in total. The van der Waals surface area contributed by atoms with Crippen LogP contribution in [0.3, 0.4) is 0 Å². The Kier molecular flexibility index (Phi) is 4.60. The summed E-state index contributed by atoms with van der Waals surface area (Å²) in [5.41, 5.74) is 0.802. The number of ether oxygens (including phenoxy) is 1. The molecule has 5 heteroatoms. The van der Waals surface area contributed by atoms with Gasteiger partial charge < -0.3 is 4.74 Å². The van der Waals surface area contributed by atoms with Gasteiger partial charge in [0.2, 0.25) is 10.0 Å². The molecule has 1 aromatic rings. The van der Waals surface area contributed by atoms with Crippen LogP contribution in [0.1, 0.15) is 18.4 Å². The number of sulfonamides is 1. The average Bonchev–Trinajstić information content (AvgIpc) is 2.40. The van der Waals surface area contributed by atoms with E-state index in [1.54, 1.807) is 23.5 Å². The van der Waals surface area contributed by atoms with Crippen molar-refractivity contribution >= 4 is 10.0 Å². The smallest absolute Gasteiger partial charge is 0.243 e. The molecule has 1 aromatic carbocycles. The van der Waals surface area contributed by atoms with Gasteiger partial charge in [-0.25, -0.2) is 8.42 Å². The molecule has 0 aromatic heterocycles. The molecule has 106 valence electrons. The number of aryl methyl sites for hydroxylation is 1. The molecule has 0 amide bonds. The third kappa shape index (κ3) is 3.16. The molecule has 1 saturated heterocycles. The quantitative estimate of drug-likeness (QED) is 0.849. The van der Waals surface area contributed by atoms with Crippen molar-refractivity contribution in [2.45, 2.75) is 24.7 Å². The summed E-state index contributed by atoms with van der Waals surface area (Å²) in [6.45, 7) is 3.63. The molecule has 1 heterocycles. The second-order valence-electron chi connectivity index (χ2n) is 5.09. The van der Waals surface area contributed by atoms with Gasteiger partial charge in [-0.15, -0.1) is 0 Å². The van der Waals surface area contributed by atoms with Crippen LogP contribution in [0.25, 0.3) is 0 Å². The summed E-state index contributed by atoms with van der Waals surface area (Å²) in [7, 11) is -1.70. The lowest BCUT2D eigenvalue weighted by molar-refractivity contribution is 0.118. The minimum atomic E-state index is -3.37. The van der Waals surface area contributed by atoms with E-state index < -0.39 is 10.0 Å². The molecular weight excluding hydrogens is 262 g/mol. The fraction of sp³-hybridized carbons (Fsp3) is 0.571. The fourth-order valence-electron chi connectivity index (χ4n) is 2.60. The Morgan fingerprint density at radius 1 is 1.37 bits per heavy atom. The average molecular weight is 283 g/mol. The second-order valence-corrected chi connectivity index (χ2v) is 7.00. The molecule has 2 rings (SSSR count). The van der Waals surface area contributed by atoms with Gasteiger partial charge in [0.25, 0.3) is 0 Å². The molecule has 0 saturated carbocycles. The van der Waals surface area contributed by atoms with E-state index in [0.29, 0.717) is 30.5 Å². The molecule has 1 fully saturated rings. The van der Waals surface area contributed by atoms with Gasteiger partial charge in [-0.2, -0.15) is 4.31 Å². The highest BCUT2D eigenvalue weighted by Gasteiger charge is 2.30. The van der Waals surface area contributed by atoms with Crippen LogP contribution < -0.4 is 0 Å². The number of rotatable bonds is 4. The molecular formula is C14H21NO3S. The Morgan fingerprint density at radius 3 is 2.79 bits per heavy atom. The lowest BCUT2D eigenvalue weighted by Crippen LogP contribution is -2.41. The van der Waals surface area contributed by atoms with E-state index >= 15 is 0 Å². The Labute approximate surface area is 115 Å². The maximum Gasteiger partial charge on any atom is 0.243 e. The van der Waals surface area contributed by atoms with Crippen LogP contribution in [0.5, 0.6) is 0 Å². The summed E-state index contributed by atoms with van der Waals surface area (Å²) in [4.78, 5) is 0.424. The van der Waals surface area contributed by atoms with Crippen molar-refractivity contribution in [1.82, 2.24) is 4.31 Å². The minimum Gasteiger partial charge on any atom is -0.384 e. The Balaban J connectivity index is 2.22. The maximum atomic E-state index is 12.6. The summed E-state index contributed by atoms with van der Waals surface area (Å²) in [6.07, 6.45) is 1.94. The third-order valence-corrected chi connectivity index (χ3v) is 5.62. The summed E-state index contributed by atoms with van der Waals surface area (Å²) < 4.78 is 32.0. The summed E-state index contributed by atoms with van der Waals surface area (Å²) >= 11 is 0. The van der Waals surface area contributed by atoms with Gasteiger partial charge in [-0.3, -0.25) is 0 Å². The fourth-order valence-corrected chi connectivity index (χ4v) is 4.38. The van der Waals surface area contributed by atoms with Gasteiger partial charge in [0.05, 0.1) is 11.5 Å². The second kappa shape index (κ2) is 6.03. The first-order valence-corrected chi connectivity index (χ1v) is 8.04. The molecule has 1 aliphatic rings. The third-order valence-electron chi connectivity index (χ3n) is 3.60. The molecule has 1 atom stereocenters. The van der Waals surface area contributed by atoms with E-state index in [2.05, 4.69) is 0 Å². The maximum absolute atomic E-state index is 12.6. The van der Waals surface area contributed by atoms with Crippen molar-refractivity contribution in [2.75, 3.05) is 26.8 Å². The van der Waals surface area contributed by atoms with Gasteiger partial charge >= 0.3 is 0 Å². The van der Waals surface area contributed by atoms with Crippen LogP contribution in [0.2, 0.25) is 0 Å².